The molecule has 0 aromatic carbocycles. The van der Waals surface area contributed by atoms with Gasteiger partial charge in [0.25, 0.3) is 0 Å². The quantitative estimate of drug-likeness (QED) is 0.678. The molecule has 0 heterocycles. The molecule has 0 spiro atoms. The van der Waals surface area contributed by atoms with E-state index in [4.69, 9.17) is 0 Å². The first-order valence-electron chi connectivity index (χ1n) is 7.82. The van der Waals surface area contributed by atoms with E-state index in [1.807, 2.05) is 13.8 Å². The van der Waals surface area contributed by atoms with Gasteiger partial charge in [0, 0.05) is 5.54 Å². The molecule has 0 bridgehead atoms. The van der Waals surface area contributed by atoms with Crippen molar-refractivity contribution in [2.45, 2.75) is 91.4 Å². The lowest BCUT2D eigenvalue weighted by molar-refractivity contribution is 0.351. The highest BCUT2D eigenvalue weighted by molar-refractivity contribution is 7.90. The summed E-state index contributed by atoms with van der Waals surface area (Å²) < 4.78 is 26.5. The third-order valence-corrected chi connectivity index (χ3v) is 6.50. The maximum absolute atomic E-state index is 12.2. The van der Waals surface area contributed by atoms with E-state index in [-0.39, 0.29) is 5.54 Å². The van der Waals surface area contributed by atoms with Gasteiger partial charge >= 0.3 is 0 Å². The molecule has 20 heavy (non-hydrogen) atoms. The second kappa shape index (κ2) is 7.26. The first kappa shape index (κ1) is 19.9. The average Bonchev–Trinajstić information content (AvgIpc) is 2.20. The van der Waals surface area contributed by atoms with Crippen LogP contribution in [0.1, 0.15) is 81.1 Å². The Kier molecular flexibility index (Phi) is 7.22. The zero-order valence-corrected chi connectivity index (χ0v) is 15.5. The summed E-state index contributed by atoms with van der Waals surface area (Å²) in [5.74, 6) is 1.46. The zero-order valence-electron chi connectivity index (χ0n) is 14.7. The summed E-state index contributed by atoms with van der Waals surface area (Å²) >= 11 is 0. The summed E-state index contributed by atoms with van der Waals surface area (Å²) in [4.78, 5) is 0. The molecule has 0 radical (unpaired) electrons. The third kappa shape index (κ3) is 7.07. The maximum Gasteiger partial charge on any atom is 0.217 e. The molecule has 1 unspecified atom stereocenters. The van der Waals surface area contributed by atoms with Crippen molar-refractivity contribution >= 4 is 10.0 Å². The van der Waals surface area contributed by atoms with E-state index in [2.05, 4.69) is 25.5 Å². The molecule has 0 aliphatic rings. The van der Waals surface area contributed by atoms with Gasteiger partial charge in [0.05, 0.1) is 4.75 Å². The fourth-order valence-electron chi connectivity index (χ4n) is 1.93. The molecule has 0 aliphatic heterocycles. The zero-order chi connectivity index (χ0) is 16.2. The summed E-state index contributed by atoms with van der Waals surface area (Å²) in [5.41, 5.74) is -0.368. The van der Waals surface area contributed by atoms with Crippen LogP contribution in [0.2, 0.25) is 0 Å². The molecular formula is C16H35NO2S. The molecule has 0 amide bonds. The van der Waals surface area contributed by atoms with Crippen molar-refractivity contribution in [3.05, 3.63) is 0 Å². The minimum atomic E-state index is -3.27. The summed E-state index contributed by atoms with van der Waals surface area (Å²) in [5, 5.41) is 0. The van der Waals surface area contributed by atoms with Crippen LogP contribution in [-0.4, -0.2) is 18.7 Å². The highest BCUT2D eigenvalue weighted by Gasteiger charge is 2.34. The van der Waals surface area contributed by atoms with Crippen molar-refractivity contribution < 1.29 is 8.42 Å². The molecule has 0 fully saturated rings. The SMILES string of the molecule is CC(C)C(C)CCCCC(C)(C)NS(=O)(=O)C(C)(C)C. The molecule has 0 rings (SSSR count). The van der Waals surface area contributed by atoms with Gasteiger partial charge in [0.15, 0.2) is 0 Å². The predicted octanol–water partition coefficient (Wildman–Crippen LogP) is 4.34. The number of hydrogen-bond donors (Lipinski definition) is 1. The largest absolute Gasteiger partial charge is 0.217 e. The Balaban J connectivity index is 4.28. The lowest BCUT2D eigenvalue weighted by Crippen LogP contribution is -2.50. The van der Waals surface area contributed by atoms with Gasteiger partial charge in [-0.2, -0.15) is 0 Å². The van der Waals surface area contributed by atoms with Crippen molar-refractivity contribution in [2.75, 3.05) is 0 Å². The topological polar surface area (TPSA) is 46.2 Å². The van der Waals surface area contributed by atoms with Crippen LogP contribution in [0.25, 0.3) is 0 Å². The Morgan fingerprint density at radius 3 is 1.85 bits per heavy atom. The number of hydrogen-bond acceptors (Lipinski definition) is 2. The van der Waals surface area contributed by atoms with Crippen LogP contribution in [-0.2, 0) is 10.0 Å². The fourth-order valence-corrected chi connectivity index (χ4v) is 3.07. The molecule has 1 N–H and O–H groups in total. The molecule has 0 aliphatic carbocycles. The lowest BCUT2D eigenvalue weighted by atomic mass is 9.90. The van der Waals surface area contributed by atoms with E-state index in [9.17, 15) is 8.42 Å². The first-order chi connectivity index (χ1) is 8.78. The van der Waals surface area contributed by atoms with Gasteiger partial charge in [-0.3, -0.25) is 0 Å². The van der Waals surface area contributed by atoms with Crippen molar-refractivity contribution in [3.8, 4) is 0 Å². The Bertz CT molecular complexity index is 378. The van der Waals surface area contributed by atoms with E-state index in [0.29, 0.717) is 0 Å². The van der Waals surface area contributed by atoms with Gasteiger partial charge in [-0.1, -0.05) is 40.0 Å². The molecule has 0 saturated heterocycles. The van der Waals surface area contributed by atoms with E-state index < -0.39 is 14.8 Å². The molecule has 1 atom stereocenters. The lowest BCUT2D eigenvalue weighted by Gasteiger charge is -2.31. The standard InChI is InChI=1S/C16H35NO2S/c1-13(2)14(3)11-9-10-12-16(7,8)17-20(18,19)15(4,5)6/h13-14,17H,9-12H2,1-8H3. The van der Waals surface area contributed by atoms with Crippen molar-refractivity contribution in [1.82, 2.24) is 4.72 Å². The maximum atomic E-state index is 12.2. The van der Waals surface area contributed by atoms with Gasteiger partial charge < -0.3 is 0 Å². The monoisotopic (exact) mass is 305 g/mol. The number of rotatable bonds is 8. The van der Waals surface area contributed by atoms with Crippen LogP contribution < -0.4 is 4.72 Å². The minimum absolute atomic E-state index is 0.368. The Hall–Kier alpha value is -0.0900. The van der Waals surface area contributed by atoms with Gasteiger partial charge in [-0.25, -0.2) is 13.1 Å². The van der Waals surface area contributed by atoms with Crippen LogP contribution in [0, 0.1) is 11.8 Å². The molecular weight excluding hydrogens is 270 g/mol. The van der Waals surface area contributed by atoms with Gasteiger partial charge in [-0.15, -0.1) is 0 Å². The third-order valence-electron chi connectivity index (χ3n) is 4.07. The Morgan fingerprint density at radius 1 is 0.950 bits per heavy atom. The first-order valence-corrected chi connectivity index (χ1v) is 9.30. The summed E-state index contributed by atoms with van der Waals surface area (Å²) in [6.45, 7) is 15.9. The van der Waals surface area contributed by atoms with E-state index in [1.165, 1.54) is 12.8 Å². The predicted molar refractivity (Wildman–Crippen MR) is 88.4 cm³/mol. The normalized spacial score (nSPS) is 15.7. The number of sulfonamides is 1. The second-order valence-electron chi connectivity index (χ2n) is 8.07. The van der Waals surface area contributed by atoms with Gasteiger partial charge in [0.2, 0.25) is 10.0 Å². The van der Waals surface area contributed by atoms with E-state index >= 15 is 0 Å². The molecule has 122 valence electrons. The Labute approximate surface area is 127 Å². The van der Waals surface area contributed by atoms with Crippen LogP contribution in [0.4, 0.5) is 0 Å². The summed E-state index contributed by atoms with van der Waals surface area (Å²) in [6.07, 6.45) is 4.34. The van der Waals surface area contributed by atoms with Crippen LogP contribution in [0.15, 0.2) is 0 Å². The van der Waals surface area contributed by atoms with Crippen molar-refractivity contribution in [3.63, 3.8) is 0 Å². The highest BCUT2D eigenvalue weighted by Crippen LogP contribution is 2.23. The molecule has 0 aromatic rings. The van der Waals surface area contributed by atoms with Crippen molar-refractivity contribution in [1.29, 1.82) is 0 Å². The van der Waals surface area contributed by atoms with Crippen LogP contribution >= 0.6 is 0 Å². The fraction of sp³-hybridized carbons (Fsp3) is 1.00. The average molecular weight is 306 g/mol. The van der Waals surface area contributed by atoms with E-state index in [0.717, 1.165) is 24.7 Å². The minimum Gasteiger partial charge on any atom is -0.212 e. The van der Waals surface area contributed by atoms with Crippen molar-refractivity contribution in [2.24, 2.45) is 11.8 Å². The second-order valence-corrected chi connectivity index (χ2v) is 10.5. The summed E-state index contributed by atoms with van der Waals surface area (Å²) in [7, 11) is -3.27. The molecule has 0 aromatic heterocycles. The van der Waals surface area contributed by atoms with Crippen LogP contribution in [0.3, 0.4) is 0 Å². The van der Waals surface area contributed by atoms with E-state index in [1.54, 1.807) is 20.8 Å². The highest BCUT2D eigenvalue weighted by atomic mass is 32.2. The molecule has 3 nitrogen and oxygen atoms in total. The smallest absolute Gasteiger partial charge is 0.212 e. The number of nitrogens with one attached hydrogen (secondary N) is 1. The molecule has 0 saturated carbocycles. The Morgan fingerprint density at radius 2 is 1.45 bits per heavy atom. The van der Waals surface area contributed by atoms with Gasteiger partial charge in [0.1, 0.15) is 0 Å². The van der Waals surface area contributed by atoms with Gasteiger partial charge in [-0.05, 0) is 52.9 Å². The summed E-state index contributed by atoms with van der Waals surface area (Å²) in [6, 6.07) is 0. The molecule has 4 heteroatoms. The van der Waals surface area contributed by atoms with Crippen LogP contribution in [0.5, 0.6) is 0 Å². The number of unbranched alkanes of at least 4 members (excludes halogenated alkanes) is 1.